The van der Waals surface area contributed by atoms with E-state index in [2.05, 4.69) is 31.2 Å². The number of ether oxygens (including phenoxy) is 2. The van der Waals surface area contributed by atoms with Gasteiger partial charge in [0.2, 0.25) is 4.96 Å². The molecule has 0 saturated heterocycles. The van der Waals surface area contributed by atoms with Crippen LogP contribution in [0.3, 0.4) is 0 Å². The molecule has 0 radical (unpaired) electrons. The maximum atomic E-state index is 5.90. The van der Waals surface area contributed by atoms with Crippen molar-refractivity contribution in [2.75, 3.05) is 6.61 Å². The minimum absolute atomic E-state index is 0.341. The third-order valence-electron chi connectivity index (χ3n) is 3.65. The summed E-state index contributed by atoms with van der Waals surface area (Å²) < 4.78 is 14.2. The zero-order chi connectivity index (χ0) is 17.9. The molecule has 0 aliphatic carbocycles. The topological polar surface area (TPSA) is 61.5 Å². The zero-order valence-electron chi connectivity index (χ0n) is 13.9. The van der Waals surface area contributed by atoms with E-state index in [1.165, 1.54) is 11.3 Å². The molecule has 4 rings (SSSR count). The minimum Gasteiger partial charge on any atom is -0.490 e. The third kappa shape index (κ3) is 3.30. The van der Waals surface area contributed by atoms with E-state index in [1.54, 1.807) is 4.52 Å². The molecule has 4 aromatic rings. The van der Waals surface area contributed by atoms with Gasteiger partial charge in [-0.2, -0.15) is 9.61 Å². The van der Waals surface area contributed by atoms with Crippen LogP contribution in [0.15, 0.2) is 53.0 Å². The molecule has 0 N–H and O–H groups in total. The van der Waals surface area contributed by atoms with Crippen molar-refractivity contribution in [1.82, 2.24) is 19.8 Å². The van der Waals surface area contributed by atoms with Gasteiger partial charge in [0, 0.05) is 10.0 Å². The van der Waals surface area contributed by atoms with E-state index >= 15 is 0 Å². The van der Waals surface area contributed by atoms with Crippen LogP contribution in [0.4, 0.5) is 0 Å². The second-order valence-corrected chi connectivity index (χ2v) is 7.26. The molecule has 0 saturated carbocycles. The molecule has 0 amide bonds. The van der Waals surface area contributed by atoms with Gasteiger partial charge in [-0.25, -0.2) is 0 Å². The van der Waals surface area contributed by atoms with Crippen molar-refractivity contribution in [2.24, 2.45) is 0 Å². The van der Waals surface area contributed by atoms with Gasteiger partial charge in [0.05, 0.1) is 6.61 Å². The molecule has 132 valence electrons. The highest BCUT2D eigenvalue weighted by molar-refractivity contribution is 9.10. The van der Waals surface area contributed by atoms with Crippen LogP contribution in [0.1, 0.15) is 11.9 Å². The van der Waals surface area contributed by atoms with Gasteiger partial charge >= 0.3 is 0 Å². The summed E-state index contributed by atoms with van der Waals surface area (Å²) in [6.07, 6.45) is 0. The molecule has 2 aromatic carbocycles. The summed E-state index contributed by atoms with van der Waals surface area (Å²) in [7, 11) is 0. The average Bonchev–Trinajstić information content (AvgIpc) is 3.22. The minimum atomic E-state index is 0.341. The average molecular weight is 431 g/mol. The monoisotopic (exact) mass is 430 g/mol. The Balaban J connectivity index is 1.59. The highest BCUT2D eigenvalue weighted by atomic mass is 79.9. The maximum absolute atomic E-state index is 5.90. The Labute approximate surface area is 162 Å². The first kappa shape index (κ1) is 17.0. The predicted octanol–water partition coefficient (Wildman–Crippen LogP) is 4.59. The van der Waals surface area contributed by atoms with Crippen LogP contribution in [0, 0.1) is 0 Å². The van der Waals surface area contributed by atoms with Crippen LogP contribution < -0.4 is 9.47 Å². The van der Waals surface area contributed by atoms with Crippen molar-refractivity contribution in [3.63, 3.8) is 0 Å². The lowest BCUT2D eigenvalue weighted by Gasteiger charge is -2.10. The van der Waals surface area contributed by atoms with Crippen LogP contribution in [0.25, 0.3) is 16.3 Å². The van der Waals surface area contributed by atoms with Gasteiger partial charge < -0.3 is 9.47 Å². The van der Waals surface area contributed by atoms with Gasteiger partial charge in [-0.1, -0.05) is 51.5 Å². The summed E-state index contributed by atoms with van der Waals surface area (Å²) in [5.41, 5.74) is 0.944. The molecular weight excluding hydrogens is 416 g/mol. The molecular formula is C18H15BrN4O2S. The second kappa shape index (κ2) is 7.43. The number of benzene rings is 2. The van der Waals surface area contributed by atoms with E-state index in [0.29, 0.717) is 24.8 Å². The zero-order valence-corrected chi connectivity index (χ0v) is 16.3. The number of rotatable bonds is 6. The molecule has 0 atom stereocenters. The fraction of sp³-hybridized carbons (Fsp3) is 0.167. The number of aromatic nitrogens is 4. The van der Waals surface area contributed by atoms with Crippen molar-refractivity contribution >= 4 is 32.2 Å². The maximum Gasteiger partial charge on any atom is 0.235 e. The lowest BCUT2D eigenvalue weighted by Crippen LogP contribution is -2.00. The summed E-state index contributed by atoms with van der Waals surface area (Å²) in [4.78, 5) is 0.729. The van der Waals surface area contributed by atoms with Crippen molar-refractivity contribution in [2.45, 2.75) is 13.5 Å². The fourth-order valence-electron chi connectivity index (χ4n) is 2.51. The van der Waals surface area contributed by atoms with Crippen LogP contribution in [0.2, 0.25) is 0 Å². The van der Waals surface area contributed by atoms with Crippen molar-refractivity contribution < 1.29 is 9.47 Å². The molecule has 6 nitrogen and oxygen atoms in total. The molecule has 0 aliphatic rings. The molecule has 0 unspecified atom stereocenters. The highest BCUT2D eigenvalue weighted by Crippen LogP contribution is 2.30. The number of hydrogen-bond acceptors (Lipinski definition) is 6. The summed E-state index contributed by atoms with van der Waals surface area (Å²) in [5.74, 6) is 2.13. The SMILES string of the molecule is CCOc1ccccc1OCc1nn2c(-c3ccccc3Br)nnc2s1. The standard InChI is InChI=1S/C18H15BrN4O2S/c1-2-24-14-9-5-6-10-15(14)25-11-16-22-23-17(20-21-18(23)26-16)12-7-3-4-8-13(12)19/h3-10H,2,11H2,1H3. The first-order valence-corrected chi connectivity index (χ1v) is 9.68. The van der Waals surface area contributed by atoms with E-state index in [9.17, 15) is 0 Å². The van der Waals surface area contributed by atoms with E-state index in [4.69, 9.17) is 9.47 Å². The lowest BCUT2D eigenvalue weighted by molar-refractivity contribution is 0.268. The second-order valence-electron chi connectivity index (χ2n) is 5.36. The number of para-hydroxylation sites is 2. The van der Waals surface area contributed by atoms with Crippen LogP contribution >= 0.6 is 27.3 Å². The number of fused-ring (bicyclic) bond motifs is 1. The number of nitrogens with zero attached hydrogens (tertiary/aromatic N) is 4. The molecule has 2 heterocycles. The fourth-order valence-corrected chi connectivity index (χ4v) is 3.72. The smallest absolute Gasteiger partial charge is 0.235 e. The first-order chi connectivity index (χ1) is 12.8. The van der Waals surface area contributed by atoms with E-state index < -0.39 is 0 Å². The largest absolute Gasteiger partial charge is 0.490 e. The molecule has 0 bridgehead atoms. The van der Waals surface area contributed by atoms with Crippen LogP contribution in [-0.4, -0.2) is 26.4 Å². The lowest BCUT2D eigenvalue weighted by atomic mass is 10.2. The van der Waals surface area contributed by atoms with Gasteiger partial charge in [-0.15, -0.1) is 10.2 Å². The predicted molar refractivity (Wildman–Crippen MR) is 104 cm³/mol. The Morgan fingerprint density at radius 3 is 2.50 bits per heavy atom. The third-order valence-corrected chi connectivity index (χ3v) is 5.21. The van der Waals surface area contributed by atoms with Crippen molar-refractivity contribution in [3.05, 3.63) is 58.0 Å². The van der Waals surface area contributed by atoms with Gasteiger partial charge in [0.15, 0.2) is 22.3 Å². The van der Waals surface area contributed by atoms with Gasteiger partial charge in [0.25, 0.3) is 0 Å². The van der Waals surface area contributed by atoms with Gasteiger partial charge in [-0.3, -0.25) is 0 Å². The van der Waals surface area contributed by atoms with Gasteiger partial charge in [0.1, 0.15) is 6.61 Å². The Bertz CT molecular complexity index is 1050. The molecule has 8 heteroatoms. The molecule has 2 aromatic heterocycles. The summed E-state index contributed by atoms with van der Waals surface area (Å²) in [5, 5.41) is 13.9. The Morgan fingerprint density at radius 2 is 1.73 bits per heavy atom. The van der Waals surface area contributed by atoms with Crippen LogP contribution in [-0.2, 0) is 6.61 Å². The molecule has 26 heavy (non-hydrogen) atoms. The summed E-state index contributed by atoms with van der Waals surface area (Å²) in [6.45, 7) is 2.88. The Hall–Kier alpha value is -2.45. The van der Waals surface area contributed by atoms with Crippen molar-refractivity contribution in [1.29, 1.82) is 0 Å². The first-order valence-electron chi connectivity index (χ1n) is 8.07. The number of halogens is 1. The van der Waals surface area contributed by atoms with E-state index in [1.807, 2.05) is 55.5 Å². The quantitative estimate of drug-likeness (QED) is 0.447. The summed E-state index contributed by atoms with van der Waals surface area (Å²) >= 11 is 5.00. The molecule has 0 aliphatic heterocycles. The number of hydrogen-bond donors (Lipinski definition) is 0. The summed E-state index contributed by atoms with van der Waals surface area (Å²) in [6, 6.07) is 15.5. The van der Waals surface area contributed by atoms with E-state index in [-0.39, 0.29) is 0 Å². The molecule has 0 fully saturated rings. The van der Waals surface area contributed by atoms with Crippen molar-refractivity contribution in [3.8, 4) is 22.9 Å². The molecule has 0 spiro atoms. The Morgan fingerprint density at radius 1 is 1.00 bits per heavy atom. The van der Waals surface area contributed by atoms with E-state index in [0.717, 1.165) is 25.8 Å². The highest BCUT2D eigenvalue weighted by Gasteiger charge is 2.16. The van der Waals surface area contributed by atoms with Crippen LogP contribution in [0.5, 0.6) is 11.5 Å². The normalized spacial score (nSPS) is 11.0. The van der Waals surface area contributed by atoms with Gasteiger partial charge in [-0.05, 0) is 31.2 Å². The Kier molecular flexibility index (Phi) is 4.85.